The maximum Gasteiger partial charge on any atom is 0.196 e. The number of hydrogen-bond donors (Lipinski definition) is 0. The van der Waals surface area contributed by atoms with Gasteiger partial charge in [0.05, 0.1) is 4.88 Å². The maximum absolute atomic E-state index is 8.94. The fourth-order valence-corrected chi connectivity index (χ4v) is 3.47. The second-order valence-corrected chi connectivity index (χ2v) is 6.31. The molecule has 0 aliphatic carbocycles. The molecule has 0 aliphatic heterocycles. The average molecular weight is 363 g/mol. The number of hydrogen-bond acceptors (Lipinski definition) is 5. The quantitative estimate of drug-likeness (QED) is 0.558. The molecule has 25 heavy (non-hydrogen) atoms. The van der Waals surface area contributed by atoms with Gasteiger partial charge in [-0.15, -0.1) is 0 Å². The van der Waals surface area contributed by atoms with Crippen LogP contribution in [0.15, 0.2) is 66.2 Å². The molecule has 0 spiro atoms. The van der Waals surface area contributed by atoms with E-state index in [-0.39, 0.29) is 10.7 Å². The van der Waals surface area contributed by atoms with Crippen LogP contribution in [0.3, 0.4) is 0 Å². The predicted octanol–water partition coefficient (Wildman–Crippen LogP) is 5.70. The van der Waals surface area contributed by atoms with Crippen LogP contribution in [0.25, 0.3) is 6.08 Å². The summed E-state index contributed by atoms with van der Waals surface area (Å²) in [6.07, 6.45) is 1.46. The number of benzene rings is 2. The maximum atomic E-state index is 8.94. The van der Waals surface area contributed by atoms with Crippen LogP contribution < -0.4 is 4.90 Å². The summed E-state index contributed by atoms with van der Waals surface area (Å²) in [6.45, 7) is 0. The predicted molar refractivity (Wildman–Crippen MR) is 101 cm³/mol. The molecule has 1 aromatic heterocycles. The highest BCUT2D eigenvalue weighted by molar-refractivity contribution is 7.17. The van der Waals surface area contributed by atoms with E-state index in [9.17, 15) is 0 Å². The van der Waals surface area contributed by atoms with Gasteiger partial charge >= 0.3 is 0 Å². The number of para-hydroxylation sites is 2. The first-order valence-corrected chi connectivity index (χ1v) is 8.51. The van der Waals surface area contributed by atoms with Crippen LogP contribution in [0.2, 0.25) is 5.15 Å². The van der Waals surface area contributed by atoms with Gasteiger partial charge in [-0.05, 0) is 30.3 Å². The fraction of sp³-hybridized carbons (Fsp3) is 0. The van der Waals surface area contributed by atoms with Crippen LogP contribution in [-0.2, 0) is 0 Å². The molecule has 2 aromatic carbocycles. The zero-order valence-electron chi connectivity index (χ0n) is 12.9. The Bertz CT molecular complexity index is 926. The first-order chi connectivity index (χ1) is 12.2. The standard InChI is InChI=1S/C19H11ClN4S/c20-18-17(11-14(12-21)13-22)25-19(23-18)24(15-7-3-1-4-8-15)16-9-5-2-6-10-16/h1-11H. The molecule has 3 rings (SSSR count). The Balaban J connectivity index is 2.12. The van der Waals surface area contributed by atoms with Crippen molar-refractivity contribution in [1.29, 1.82) is 10.5 Å². The van der Waals surface area contributed by atoms with Crippen molar-refractivity contribution in [3.63, 3.8) is 0 Å². The van der Waals surface area contributed by atoms with Crippen molar-refractivity contribution in [3.8, 4) is 12.1 Å². The topological polar surface area (TPSA) is 63.7 Å². The monoisotopic (exact) mass is 362 g/mol. The van der Waals surface area contributed by atoms with Crippen LogP contribution in [0.5, 0.6) is 0 Å². The van der Waals surface area contributed by atoms with Crippen LogP contribution in [-0.4, -0.2) is 4.98 Å². The van der Waals surface area contributed by atoms with Crippen LogP contribution in [0.4, 0.5) is 16.5 Å². The fourth-order valence-electron chi connectivity index (χ4n) is 2.23. The van der Waals surface area contributed by atoms with E-state index in [1.165, 1.54) is 17.4 Å². The highest BCUT2D eigenvalue weighted by Gasteiger charge is 2.18. The second kappa shape index (κ2) is 7.63. The second-order valence-electron chi connectivity index (χ2n) is 4.94. The van der Waals surface area contributed by atoms with Gasteiger partial charge in [-0.3, -0.25) is 4.90 Å². The van der Waals surface area contributed by atoms with Gasteiger partial charge in [-0.25, -0.2) is 4.98 Å². The molecule has 6 heteroatoms. The molecule has 0 unspecified atom stereocenters. The Labute approximate surface area is 154 Å². The normalized spacial score (nSPS) is 9.72. The number of allylic oxidation sites excluding steroid dienone is 1. The van der Waals surface area contributed by atoms with Crippen molar-refractivity contribution in [3.05, 3.63) is 76.3 Å². The molecule has 0 radical (unpaired) electrons. The Morgan fingerprint density at radius 2 is 1.48 bits per heavy atom. The summed E-state index contributed by atoms with van der Waals surface area (Å²) in [4.78, 5) is 6.99. The lowest BCUT2D eigenvalue weighted by Crippen LogP contribution is -2.09. The van der Waals surface area contributed by atoms with E-state index in [2.05, 4.69) is 4.98 Å². The largest absolute Gasteiger partial charge is 0.286 e. The van der Waals surface area contributed by atoms with Gasteiger partial charge in [0, 0.05) is 11.4 Å². The van der Waals surface area contributed by atoms with Gasteiger partial charge in [0.1, 0.15) is 22.9 Å². The molecule has 0 saturated heterocycles. The first-order valence-electron chi connectivity index (χ1n) is 7.31. The zero-order valence-corrected chi connectivity index (χ0v) is 14.5. The molecule has 0 bridgehead atoms. The molecule has 0 N–H and O–H groups in total. The number of nitrogens with zero attached hydrogens (tertiary/aromatic N) is 4. The summed E-state index contributed by atoms with van der Waals surface area (Å²) in [7, 11) is 0. The van der Waals surface area contributed by atoms with E-state index in [4.69, 9.17) is 22.1 Å². The van der Waals surface area contributed by atoms with Gasteiger partial charge in [-0.1, -0.05) is 59.3 Å². The van der Waals surface area contributed by atoms with Gasteiger partial charge in [0.25, 0.3) is 0 Å². The Hall–Kier alpha value is -3.12. The lowest BCUT2D eigenvalue weighted by molar-refractivity contribution is 1.23. The van der Waals surface area contributed by atoms with Gasteiger partial charge in [0.2, 0.25) is 0 Å². The number of thiazole rings is 1. The molecule has 4 nitrogen and oxygen atoms in total. The highest BCUT2D eigenvalue weighted by Crippen LogP contribution is 2.39. The van der Waals surface area contributed by atoms with E-state index < -0.39 is 0 Å². The van der Waals surface area contributed by atoms with Crippen LogP contribution in [0.1, 0.15) is 4.88 Å². The summed E-state index contributed by atoms with van der Waals surface area (Å²) in [6, 6.07) is 23.3. The van der Waals surface area contributed by atoms with Crippen molar-refractivity contribution in [1.82, 2.24) is 4.98 Å². The number of anilines is 3. The van der Waals surface area contributed by atoms with Crippen LogP contribution in [0, 0.1) is 22.7 Å². The Morgan fingerprint density at radius 1 is 0.960 bits per heavy atom. The third-order valence-corrected chi connectivity index (χ3v) is 4.72. The number of rotatable bonds is 4. The van der Waals surface area contributed by atoms with Crippen molar-refractivity contribution < 1.29 is 0 Å². The molecule has 0 aliphatic rings. The van der Waals surface area contributed by atoms with E-state index >= 15 is 0 Å². The molecule has 0 fully saturated rings. The zero-order chi connectivity index (χ0) is 17.6. The summed E-state index contributed by atoms with van der Waals surface area (Å²) < 4.78 is 0. The third-order valence-electron chi connectivity index (χ3n) is 3.33. The van der Waals surface area contributed by atoms with Crippen molar-refractivity contribution in [2.75, 3.05) is 4.90 Å². The molecule has 1 heterocycles. The smallest absolute Gasteiger partial charge is 0.196 e. The van der Waals surface area contributed by atoms with Gasteiger partial charge in [0.15, 0.2) is 5.13 Å². The van der Waals surface area contributed by atoms with E-state index in [0.717, 1.165) is 11.4 Å². The first kappa shape index (κ1) is 16.7. The van der Waals surface area contributed by atoms with Gasteiger partial charge < -0.3 is 0 Å². The minimum absolute atomic E-state index is 0.0110. The summed E-state index contributed by atoms with van der Waals surface area (Å²) in [5.74, 6) is 0. The number of halogens is 1. The van der Waals surface area contributed by atoms with E-state index in [1.54, 1.807) is 0 Å². The summed E-state index contributed by atoms with van der Waals surface area (Å²) in [5.41, 5.74) is 1.87. The lowest BCUT2D eigenvalue weighted by Gasteiger charge is -2.21. The minimum atomic E-state index is -0.0110. The number of aromatic nitrogens is 1. The third kappa shape index (κ3) is 3.70. The molecule has 0 atom stereocenters. The molecule has 120 valence electrons. The summed E-state index contributed by atoms with van der Waals surface area (Å²) in [5, 5.41) is 18.8. The SMILES string of the molecule is N#CC(C#N)=Cc1sc(N(c2ccccc2)c2ccccc2)nc1Cl. The average Bonchev–Trinajstić information content (AvgIpc) is 3.01. The van der Waals surface area contributed by atoms with E-state index in [0.29, 0.717) is 10.0 Å². The summed E-state index contributed by atoms with van der Waals surface area (Å²) >= 11 is 7.55. The Morgan fingerprint density at radius 3 is 1.96 bits per heavy atom. The molecule has 0 saturated carbocycles. The lowest BCUT2D eigenvalue weighted by atomic mass is 10.2. The number of nitriles is 2. The van der Waals surface area contributed by atoms with E-state index in [1.807, 2.05) is 77.7 Å². The van der Waals surface area contributed by atoms with Crippen molar-refractivity contribution in [2.24, 2.45) is 0 Å². The minimum Gasteiger partial charge on any atom is -0.286 e. The van der Waals surface area contributed by atoms with Crippen molar-refractivity contribution in [2.45, 2.75) is 0 Å². The molecular weight excluding hydrogens is 352 g/mol. The molecule has 3 aromatic rings. The van der Waals surface area contributed by atoms with Crippen LogP contribution >= 0.6 is 22.9 Å². The molecule has 0 amide bonds. The molecular formula is C19H11ClN4S. The highest BCUT2D eigenvalue weighted by atomic mass is 35.5. The Kier molecular flexibility index (Phi) is 5.11. The van der Waals surface area contributed by atoms with Crippen molar-refractivity contribution >= 4 is 45.5 Å². The van der Waals surface area contributed by atoms with Gasteiger partial charge in [-0.2, -0.15) is 10.5 Å².